The van der Waals surface area contributed by atoms with Gasteiger partial charge < -0.3 is 4.74 Å². The topological polar surface area (TPSA) is 33.0 Å². The lowest BCUT2D eigenvalue weighted by molar-refractivity contribution is 0.303. The summed E-state index contributed by atoms with van der Waals surface area (Å²) in [4.78, 5) is 0. The van der Waals surface area contributed by atoms with Crippen LogP contribution in [0.4, 0.5) is 0 Å². The van der Waals surface area contributed by atoms with Gasteiger partial charge in [0, 0.05) is 4.47 Å². The summed E-state index contributed by atoms with van der Waals surface area (Å²) in [6.45, 7) is 0. The van der Waals surface area contributed by atoms with Gasteiger partial charge in [0.1, 0.15) is 11.8 Å². The van der Waals surface area contributed by atoms with Crippen molar-refractivity contribution in [3.05, 3.63) is 28.2 Å². The lowest BCUT2D eigenvalue weighted by atomic mass is 10.2. The molecule has 0 aromatic heterocycles. The summed E-state index contributed by atoms with van der Waals surface area (Å²) in [5.74, 6) is 0.794. The fraction of sp³-hybridized carbons (Fsp3) is 0.300. The lowest BCUT2D eigenvalue weighted by Gasteiger charge is -2.04. The fourth-order valence-corrected chi connectivity index (χ4v) is 1.38. The first-order valence-corrected chi connectivity index (χ1v) is 4.95. The second-order valence-corrected chi connectivity index (χ2v) is 3.93. The number of benzene rings is 1. The summed E-state index contributed by atoms with van der Waals surface area (Å²) in [6, 6.07) is 7.59. The number of halogens is 1. The van der Waals surface area contributed by atoms with Gasteiger partial charge in [0.05, 0.1) is 11.7 Å². The molecule has 3 heteroatoms. The lowest BCUT2D eigenvalue weighted by Crippen LogP contribution is -1.95. The second kappa shape index (κ2) is 3.39. The van der Waals surface area contributed by atoms with E-state index in [1.807, 2.05) is 12.1 Å². The van der Waals surface area contributed by atoms with E-state index in [0.717, 1.165) is 23.1 Å². The molecule has 0 atom stereocenters. The molecule has 0 amide bonds. The monoisotopic (exact) mass is 237 g/mol. The largest absolute Gasteiger partial charge is 0.490 e. The summed E-state index contributed by atoms with van der Waals surface area (Å²) in [5.41, 5.74) is 0.623. The summed E-state index contributed by atoms with van der Waals surface area (Å²) in [7, 11) is 0. The van der Waals surface area contributed by atoms with Crippen LogP contribution >= 0.6 is 15.9 Å². The molecule has 2 nitrogen and oxygen atoms in total. The molecular formula is C10H8BrNO. The van der Waals surface area contributed by atoms with Crippen LogP contribution in [0.2, 0.25) is 0 Å². The molecule has 0 aliphatic heterocycles. The summed E-state index contributed by atoms with van der Waals surface area (Å²) in [5, 5.41) is 8.76. The van der Waals surface area contributed by atoms with Crippen LogP contribution in [0.5, 0.6) is 5.75 Å². The molecule has 1 aliphatic rings. The SMILES string of the molecule is N#Cc1cc(OC2CC2)ccc1Br. The predicted molar refractivity (Wildman–Crippen MR) is 52.5 cm³/mol. The molecule has 0 spiro atoms. The van der Waals surface area contributed by atoms with Gasteiger partial charge in [0.15, 0.2) is 0 Å². The Labute approximate surface area is 85.3 Å². The third-order valence-corrected chi connectivity index (χ3v) is 2.58. The number of nitrogens with zero attached hydrogens (tertiary/aromatic N) is 1. The highest BCUT2D eigenvalue weighted by Crippen LogP contribution is 2.29. The number of hydrogen-bond donors (Lipinski definition) is 0. The normalized spacial score (nSPS) is 15.1. The Morgan fingerprint density at radius 1 is 1.46 bits per heavy atom. The number of rotatable bonds is 2. The van der Waals surface area contributed by atoms with Gasteiger partial charge in [0.2, 0.25) is 0 Å². The first-order valence-electron chi connectivity index (χ1n) is 4.16. The Morgan fingerprint density at radius 3 is 2.85 bits per heavy atom. The van der Waals surface area contributed by atoms with Gasteiger partial charge in [-0.2, -0.15) is 5.26 Å². The van der Waals surface area contributed by atoms with Crippen molar-refractivity contribution in [2.45, 2.75) is 18.9 Å². The van der Waals surface area contributed by atoms with Crippen LogP contribution < -0.4 is 4.74 Å². The second-order valence-electron chi connectivity index (χ2n) is 3.07. The van der Waals surface area contributed by atoms with E-state index in [1.54, 1.807) is 6.07 Å². The molecule has 0 heterocycles. The molecule has 1 saturated carbocycles. The number of ether oxygens (including phenoxy) is 1. The Morgan fingerprint density at radius 2 is 2.23 bits per heavy atom. The van der Waals surface area contributed by atoms with E-state index in [4.69, 9.17) is 10.00 Å². The highest BCUT2D eigenvalue weighted by atomic mass is 79.9. The van der Waals surface area contributed by atoms with Crippen LogP contribution in [-0.4, -0.2) is 6.10 Å². The summed E-state index contributed by atoms with van der Waals surface area (Å²) >= 11 is 3.29. The maximum atomic E-state index is 8.76. The quantitative estimate of drug-likeness (QED) is 0.793. The van der Waals surface area contributed by atoms with E-state index < -0.39 is 0 Å². The molecule has 0 N–H and O–H groups in total. The van der Waals surface area contributed by atoms with Crippen molar-refractivity contribution in [2.24, 2.45) is 0 Å². The summed E-state index contributed by atoms with van der Waals surface area (Å²) in [6.07, 6.45) is 2.66. The smallest absolute Gasteiger partial charge is 0.121 e. The minimum atomic E-state index is 0.382. The van der Waals surface area contributed by atoms with Crippen molar-refractivity contribution in [1.82, 2.24) is 0 Å². The highest BCUT2D eigenvalue weighted by molar-refractivity contribution is 9.10. The van der Waals surface area contributed by atoms with Crippen LogP contribution in [0.3, 0.4) is 0 Å². The van der Waals surface area contributed by atoms with Gasteiger partial charge in [-0.1, -0.05) is 0 Å². The number of nitriles is 1. The van der Waals surface area contributed by atoms with Gasteiger partial charge in [-0.05, 0) is 47.0 Å². The first-order chi connectivity index (χ1) is 6.29. The zero-order valence-corrected chi connectivity index (χ0v) is 8.54. The van der Waals surface area contributed by atoms with Gasteiger partial charge in [0.25, 0.3) is 0 Å². The molecule has 0 saturated heterocycles. The van der Waals surface area contributed by atoms with Crippen molar-refractivity contribution >= 4 is 15.9 Å². The van der Waals surface area contributed by atoms with Gasteiger partial charge >= 0.3 is 0 Å². The van der Waals surface area contributed by atoms with Crippen LogP contribution in [0.15, 0.2) is 22.7 Å². The van der Waals surface area contributed by atoms with Crippen LogP contribution in [0.1, 0.15) is 18.4 Å². The van der Waals surface area contributed by atoms with Crippen molar-refractivity contribution < 1.29 is 4.74 Å². The third kappa shape index (κ3) is 2.02. The molecule has 0 bridgehead atoms. The first kappa shape index (κ1) is 8.58. The van der Waals surface area contributed by atoms with Gasteiger partial charge in [-0.3, -0.25) is 0 Å². The van der Waals surface area contributed by atoms with E-state index in [2.05, 4.69) is 22.0 Å². The van der Waals surface area contributed by atoms with Crippen molar-refractivity contribution in [2.75, 3.05) is 0 Å². The van der Waals surface area contributed by atoms with E-state index >= 15 is 0 Å². The van der Waals surface area contributed by atoms with Gasteiger partial charge in [-0.15, -0.1) is 0 Å². The third-order valence-electron chi connectivity index (χ3n) is 1.89. The molecule has 1 aliphatic carbocycles. The maximum Gasteiger partial charge on any atom is 0.121 e. The molecule has 13 heavy (non-hydrogen) atoms. The van der Waals surface area contributed by atoms with E-state index in [0.29, 0.717) is 11.7 Å². The molecule has 66 valence electrons. The Bertz CT molecular complexity index is 366. The molecule has 2 rings (SSSR count). The zero-order chi connectivity index (χ0) is 9.26. The maximum absolute atomic E-state index is 8.76. The average Bonchev–Trinajstić information content (AvgIpc) is 2.92. The van der Waals surface area contributed by atoms with Crippen LogP contribution in [0, 0.1) is 11.3 Å². The Hall–Kier alpha value is -1.01. The van der Waals surface area contributed by atoms with Crippen molar-refractivity contribution in [3.63, 3.8) is 0 Å². The van der Waals surface area contributed by atoms with Crippen molar-refractivity contribution in [1.29, 1.82) is 5.26 Å². The number of hydrogen-bond acceptors (Lipinski definition) is 2. The van der Waals surface area contributed by atoms with Gasteiger partial charge in [-0.25, -0.2) is 0 Å². The highest BCUT2D eigenvalue weighted by Gasteiger charge is 2.23. The molecule has 1 aromatic carbocycles. The molecular weight excluding hydrogens is 230 g/mol. The molecule has 1 fully saturated rings. The molecule has 0 radical (unpaired) electrons. The molecule has 0 unspecified atom stereocenters. The minimum Gasteiger partial charge on any atom is -0.490 e. The molecule has 1 aromatic rings. The minimum absolute atomic E-state index is 0.382. The Kier molecular flexibility index (Phi) is 2.24. The fourth-order valence-electron chi connectivity index (χ4n) is 1.04. The Balaban J connectivity index is 2.22. The van der Waals surface area contributed by atoms with E-state index in [1.165, 1.54) is 0 Å². The van der Waals surface area contributed by atoms with Crippen LogP contribution in [-0.2, 0) is 0 Å². The average molecular weight is 238 g/mol. The predicted octanol–water partition coefficient (Wildman–Crippen LogP) is 2.86. The van der Waals surface area contributed by atoms with Crippen LogP contribution in [0.25, 0.3) is 0 Å². The zero-order valence-electron chi connectivity index (χ0n) is 6.96. The summed E-state index contributed by atoms with van der Waals surface area (Å²) < 4.78 is 6.37. The van der Waals surface area contributed by atoms with E-state index in [9.17, 15) is 0 Å². The standard InChI is InChI=1S/C10H8BrNO/c11-10-4-3-9(5-7(10)6-12)13-8-1-2-8/h3-5,8H,1-2H2. The van der Waals surface area contributed by atoms with E-state index in [-0.39, 0.29) is 0 Å². The van der Waals surface area contributed by atoms with Crippen molar-refractivity contribution in [3.8, 4) is 11.8 Å².